The van der Waals surface area contributed by atoms with Gasteiger partial charge in [0.05, 0.1) is 4.88 Å². The minimum Gasteiger partial charge on any atom is -0.289 e. The van der Waals surface area contributed by atoms with E-state index in [4.69, 9.17) is 5.84 Å². The van der Waals surface area contributed by atoms with Crippen molar-refractivity contribution in [3.63, 3.8) is 0 Å². The molecule has 1 aromatic rings. The first-order chi connectivity index (χ1) is 7.69. The Hall–Kier alpha value is -0.520. The minimum absolute atomic E-state index is 0.186. The molecule has 1 heterocycles. The van der Waals surface area contributed by atoms with Crippen LogP contribution in [0.25, 0.3) is 0 Å². The molecular weight excluding hydrogens is 240 g/mol. The third-order valence-electron chi connectivity index (χ3n) is 2.44. The van der Waals surface area contributed by atoms with Gasteiger partial charge in [-0.3, -0.25) is 10.2 Å². The molecule has 1 atom stereocenters. The first kappa shape index (κ1) is 13.5. The third kappa shape index (κ3) is 3.81. The van der Waals surface area contributed by atoms with Crippen molar-refractivity contribution in [2.24, 2.45) is 11.8 Å². The zero-order valence-corrected chi connectivity index (χ0v) is 11.3. The quantitative estimate of drug-likeness (QED) is 0.468. The number of thiophene rings is 1. The molecule has 0 aliphatic carbocycles. The highest BCUT2D eigenvalue weighted by atomic mass is 32.2. The SMILES string of the molecule is CCC(C)CSCc1ccsc1C(=O)NN. The van der Waals surface area contributed by atoms with Crippen molar-refractivity contribution in [3.8, 4) is 0 Å². The summed E-state index contributed by atoms with van der Waals surface area (Å²) in [5, 5.41) is 1.93. The summed E-state index contributed by atoms with van der Waals surface area (Å²) in [7, 11) is 0. The summed E-state index contributed by atoms with van der Waals surface area (Å²) >= 11 is 3.31. The predicted molar refractivity (Wildman–Crippen MR) is 71.6 cm³/mol. The van der Waals surface area contributed by atoms with Crippen molar-refractivity contribution in [1.82, 2.24) is 5.43 Å². The molecule has 5 heteroatoms. The fraction of sp³-hybridized carbons (Fsp3) is 0.545. The van der Waals surface area contributed by atoms with Crippen LogP contribution in [0, 0.1) is 5.92 Å². The van der Waals surface area contributed by atoms with E-state index >= 15 is 0 Å². The van der Waals surface area contributed by atoms with Gasteiger partial charge in [-0.2, -0.15) is 11.8 Å². The van der Waals surface area contributed by atoms with Crippen molar-refractivity contribution in [1.29, 1.82) is 0 Å². The summed E-state index contributed by atoms with van der Waals surface area (Å²) in [6.45, 7) is 4.44. The average Bonchev–Trinajstić information content (AvgIpc) is 2.76. The van der Waals surface area contributed by atoms with E-state index in [-0.39, 0.29) is 5.91 Å². The maximum Gasteiger partial charge on any atom is 0.275 e. The van der Waals surface area contributed by atoms with Crippen LogP contribution in [-0.2, 0) is 5.75 Å². The van der Waals surface area contributed by atoms with Crippen molar-refractivity contribution < 1.29 is 4.79 Å². The van der Waals surface area contributed by atoms with Gasteiger partial charge in [0.1, 0.15) is 0 Å². The Kier molecular flexibility index (Phi) is 5.87. The molecule has 1 rings (SSSR count). The monoisotopic (exact) mass is 258 g/mol. The van der Waals surface area contributed by atoms with Gasteiger partial charge in [0, 0.05) is 5.75 Å². The number of hydrogen-bond donors (Lipinski definition) is 2. The second-order valence-corrected chi connectivity index (χ2v) is 5.72. The molecule has 3 N–H and O–H groups in total. The molecule has 90 valence electrons. The number of carbonyl (C=O) groups excluding carboxylic acids is 1. The van der Waals surface area contributed by atoms with Crippen molar-refractivity contribution in [2.45, 2.75) is 26.0 Å². The number of nitrogens with one attached hydrogen (secondary N) is 1. The third-order valence-corrected chi connectivity index (χ3v) is 4.72. The Balaban J connectivity index is 2.48. The molecule has 3 nitrogen and oxygen atoms in total. The summed E-state index contributed by atoms with van der Waals surface area (Å²) in [5.74, 6) is 7.70. The van der Waals surface area contributed by atoms with Crippen LogP contribution in [0.4, 0.5) is 0 Å². The smallest absolute Gasteiger partial charge is 0.275 e. The molecule has 0 saturated carbocycles. The molecule has 0 saturated heterocycles. The fourth-order valence-electron chi connectivity index (χ4n) is 1.20. The Bertz CT molecular complexity index is 338. The summed E-state index contributed by atoms with van der Waals surface area (Å²) in [6, 6.07) is 2.00. The number of carbonyl (C=O) groups is 1. The maximum absolute atomic E-state index is 11.4. The van der Waals surface area contributed by atoms with E-state index in [1.54, 1.807) is 0 Å². The van der Waals surface area contributed by atoms with Crippen LogP contribution in [0.1, 0.15) is 35.5 Å². The van der Waals surface area contributed by atoms with Crippen LogP contribution in [0.3, 0.4) is 0 Å². The van der Waals surface area contributed by atoms with Crippen molar-refractivity contribution in [2.75, 3.05) is 5.75 Å². The molecule has 1 unspecified atom stereocenters. The molecule has 1 aromatic heterocycles. The van der Waals surface area contributed by atoms with E-state index < -0.39 is 0 Å². The number of hydrazine groups is 1. The molecule has 0 aliphatic heterocycles. The first-order valence-electron chi connectivity index (χ1n) is 5.34. The summed E-state index contributed by atoms with van der Waals surface area (Å²) in [6.07, 6.45) is 1.20. The lowest BCUT2D eigenvalue weighted by atomic mass is 10.2. The van der Waals surface area contributed by atoms with Gasteiger partial charge >= 0.3 is 0 Å². The van der Waals surface area contributed by atoms with E-state index in [1.807, 2.05) is 23.2 Å². The normalized spacial score (nSPS) is 12.4. The van der Waals surface area contributed by atoms with Gasteiger partial charge in [0.2, 0.25) is 0 Å². The van der Waals surface area contributed by atoms with E-state index in [0.717, 1.165) is 27.9 Å². The van der Waals surface area contributed by atoms with Crippen LogP contribution in [0.5, 0.6) is 0 Å². The number of amides is 1. The number of hydrogen-bond acceptors (Lipinski definition) is 4. The highest BCUT2D eigenvalue weighted by Gasteiger charge is 2.11. The molecule has 0 bridgehead atoms. The molecule has 1 amide bonds. The zero-order chi connectivity index (χ0) is 12.0. The average molecular weight is 258 g/mol. The molecule has 16 heavy (non-hydrogen) atoms. The van der Waals surface area contributed by atoms with Crippen molar-refractivity contribution in [3.05, 3.63) is 21.9 Å². The lowest BCUT2D eigenvalue weighted by Gasteiger charge is -2.07. The van der Waals surface area contributed by atoms with Gasteiger partial charge in [0.25, 0.3) is 5.91 Å². The van der Waals surface area contributed by atoms with E-state index in [0.29, 0.717) is 0 Å². The van der Waals surface area contributed by atoms with E-state index in [9.17, 15) is 4.79 Å². The van der Waals surface area contributed by atoms with Crippen LogP contribution in [-0.4, -0.2) is 11.7 Å². The van der Waals surface area contributed by atoms with Crippen LogP contribution < -0.4 is 11.3 Å². The number of thioether (sulfide) groups is 1. The second kappa shape index (κ2) is 6.93. The summed E-state index contributed by atoms with van der Waals surface area (Å²) < 4.78 is 0. The lowest BCUT2D eigenvalue weighted by molar-refractivity contribution is 0.0957. The lowest BCUT2D eigenvalue weighted by Crippen LogP contribution is -2.29. The van der Waals surface area contributed by atoms with Crippen LogP contribution in [0.15, 0.2) is 11.4 Å². The highest BCUT2D eigenvalue weighted by Crippen LogP contribution is 2.23. The molecule has 0 radical (unpaired) electrons. The van der Waals surface area contributed by atoms with Crippen LogP contribution >= 0.6 is 23.1 Å². The van der Waals surface area contributed by atoms with Gasteiger partial charge < -0.3 is 0 Å². The number of rotatable bonds is 6. The summed E-state index contributed by atoms with van der Waals surface area (Å²) in [4.78, 5) is 12.1. The van der Waals surface area contributed by atoms with Gasteiger partial charge in [-0.25, -0.2) is 5.84 Å². The first-order valence-corrected chi connectivity index (χ1v) is 7.37. The minimum atomic E-state index is -0.186. The molecule has 0 aromatic carbocycles. The van der Waals surface area contributed by atoms with E-state index in [2.05, 4.69) is 19.3 Å². The molecule has 0 fully saturated rings. The van der Waals surface area contributed by atoms with Crippen molar-refractivity contribution >= 4 is 29.0 Å². The Labute approximate surface area is 105 Å². The van der Waals surface area contributed by atoms with Gasteiger partial charge in [0.15, 0.2) is 0 Å². The fourth-order valence-corrected chi connectivity index (χ4v) is 3.34. The molecule has 0 spiro atoms. The van der Waals surface area contributed by atoms with Gasteiger partial charge in [-0.05, 0) is 28.7 Å². The molecular formula is C11H18N2OS2. The number of nitrogens with two attached hydrogens (primary N) is 1. The standard InChI is InChI=1S/C11H18N2OS2/c1-3-8(2)6-15-7-9-4-5-16-10(9)11(14)13-12/h4-5,8H,3,6-7,12H2,1-2H3,(H,13,14). The molecule has 0 aliphatic rings. The van der Waals surface area contributed by atoms with Gasteiger partial charge in [-0.15, -0.1) is 11.3 Å². The Morgan fingerprint density at radius 2 is 2.44 bits per heavy atom. The Morgan fingerprint density at radius 1 is 1.69 bits per heavy atom. The van der Waals surface area contributed by atoms with E-state index in [1.165, 1.54) is 17.8 Å². The largest absolute Gasteiger partial charge is 0.289 e. The zero-order valence-electron chi connectivity index (χ0n) is 9.66. The van der Waals surface area contributed by atoms with Gasteiger partial charge in [-0.1, -0.05) is 20.3 Å². The number of nitrogen functional groups attached to an aromatic ring is 1. The second-order valence-electron chi connectivity index (χ2n) is 3.78. The van der Waals surface area contributed by atoms with Crippen LogP contribution in [0.2, 0.25) is 0 Å². The topological polar surface area (TPSA) is 55.1 Å². The predicted octanol–water partition coefficient (Wildman–Crippen LogP) is 2.63. The summed E-state index contributed by atoms with van der Waals surface area (Å²) in [5.41, 5.74) is 3.26. The Morgan fingerprint density at radius 3 is 3.06 bits per heavy atom. The highest BCUT2D eigenvalue weighted by molar-refractivity contribution is 7.98. The maximum atomic E-state index is 11.4.